The lowest BCUT2D eigenvalue weighted by Crippen LogP contribution is -2.35. The minimum atomic E-state index is -0.128. The van der Waals surface area contributed by atoms with Crippen LogP contribution < -0.4 is 11.1 Å². The maximum absolute atomic E-state index is 12.0. The Morgan fingerprint density at radius 2 is 2.37 bits per heavy atom. The van der Waals surface area contributed by atoms with Crippen molar-refractivity contribution < 1.29 is 4.79 Å². The Morgan fingerprint density at radius 3 is 3.05 bits per heavy atom. The molecule has 100 valence electrons. The number of pyridine rings is 1. The number of hydrogen-bond donors (Lipinski definition) is 2. The van der Waals surface area contributed by atoms with E-state index in [2.05, 4.69) is 15.4 Å². The van der Waals surface area contributed by atoms with Crippen LogP contribution in [-0.4, -0.2) is 26.7 Å². The van der Waals surface area contributed by atoms with Crippen LogP contribution in [-0.2, 0) is 13.1 Å². The normalized spacial score (nSPS) is 12.1. The quantitative estimate of drug-likeness (QED) is 0.821. The van der Waals surface area contributed by atoms with Crippen molar-refractivity contribution in [3.63, 3.8) is 0 Å². The van der Waals surface area contributed by atoms with E-state index in [0.29, 0.717) is 24.3 Å². The minimum absolute atomic E-state index is 0.0121. The van der Waals surface area contributed by atoms with E-state index < -0.39 is 0 Å². The zero-order valence-electron chi connectivity index (χ0n) is 10.8. The van der Waals surface area contributed by atoms with Crippen molar-refractivity contribution in [3.8, 4) is 0 Å². The second-order valence-corrected chi connectivity index (χ2v) is 4.34. The van der Waals surface area contributed by atoms with Gasteiger partial charge in [-0.05, 0) is 25.1 Å². The number of nitrogens with zero attached hydrogens (tertiary/aromatic N) is 3. The van der Waals surface area contributed by atoms with Crippen LogP contribution in [0.25, 0.3) is 0 Å². The molecule has 6 heteroatoms. The molecule has 0 saturated heterocycles. The summed E-state index contributed by atoms with van der Waals surface area (Å²) in [6, 6.07) is 5.22. The predicted molar refractivity (Wildman–Crippen MR) is 71.3 cm³/mol. The number of aromatic nitrogens is 3. The molecule has 2 heterocycles. The summed E-state index contributed by atoms with van der Waals surface area (Å²) >= 11 is 0. The zero-order chi connectivity index (χ0) is 13.7. The van der Waals surface area contributed by atoms with Crippen LogP contribution in [0.5, 0.6) is 0 Å². The van der Waals surface area contributed by atoms with Crippen LogP contribution >= 0.6 is 0 Å². The molecule has 1 unspecified atom stereocenters. The van der Waals surface area contributed by atoms with Crippen LogP contribution in [0.4, 0.5) is 0 Å². The van der Waals surface area contributed by atoms with Gasteiger partial charge in [0, 0.05) is 36.7 Å². The molecule has 3 N–H and O–H groups in total. The standard InChI is InChI=1S/C13H17N5O/c1-10(9-18-6-2-4-16-18)17-13(19)11-3-5-15-12(7-11)8-14/h2-7,10H,8-9,14H2,1H3,(H,17,19). The van der Waals surface area contributed by atoms with Gasteiger partial charge in [0.05, 0.1) is 12.2 Å². The third-order valence-electron chi connectivity index (χ3n) is 2.69. The van der Waals surface area contributed by atoms with E-state index in [1.807, 2.05) is 19.2 Å². The molecule has 0 spiro atoms. The van der Waals surface area contributed by atoms with Gasteiger partial charge in [-0.3, -0.25) is 14.5 Å². The number of hydrogen-bond acceptors (Lipinski definition) is 4. The maximum atomic E-state index is 12.0. The molecule has 0 aliphatic rings. The van der Waals surface area contributed by atoms with Crippen molar-refractivity contribution >= 4 is 5.91 Å². The maximum Gasteiger partial charge on any atom is 0.251 e. The van der Waals surface area contributed by atoms with Gasteiger partial charge < -0.3 is 11.1 Å². The van der Waals surface area contributed by atoms with Crippen molar-refractivity contribution in [1.82, 2.24) is 20.1 Å². The van der Waals surface area contributed by atoms with Crippen LogP contribution in [0.2, 0.25) is 0 Å². The van der Waals surface area contributed by atoms with E-state index in [0.717, 1.165) is 0 Å². The number of rotatable bonds is 5. The molecule has 0 bridgehead atoms. The Kier molecular flexibility index (Phi) is 4.25. The highest BCUT2D eigenvalue weighted by atomic mass is 16.1. The molecule has 0 radical (unpaired) electrons. The third-order valence-corrected chi connectivity index (χ3v) is 2.69. The zero-order valence-corrected chi connectivity index (χ0v) is 10.8. The van der Waals surface area contributed by atoms with E-state index in [-0.39, 0.29) is 11.9 Å². The molecule has 0 aliphatic heterocycles. The van der Waals surface area contributed by atoms with Crippen LogP contribution in [0.3, 0.4) is 0 Å². The lowest BCUT2D eigenvalue weighted by Gasteiger charge is -2.14. The summed E-state index contributed by atoms with van der Waals surface area (Å²) in [5.41, 5.74) is 6.78. The van der Waals surface area contributed by atoms with Gasteiger partial charge in [-0.2, -0.15) is 5.10 Å². The lowest BCUT2D eigenvalue weighted by molar-refractivity contribution is 0.0936. The van der Waals surface area contributed by atoms with Gasteiger partial charge in [0.1, 0.15) is 0 Å². The second-order valence-electron chi connectivity index (χ2n) is 4.34. The molecule has 0 aliphatic carbocycles. The van der Waals surface area contributed by atoms with Gasteiger partial charge in [0.15, 0.2) is 0 Å². The third kappa shape index (κ3) is 3.62. The minimum Gasteiger partial charge on any atom is -0.348 e. The fourth-order valence-corrected chi connectivity index (χ4v) is 1.77. The van der Waals surface area contributed by atoms with Crippen molar-refractivity contribution in [2.24, 2.45) is 5.73 Å². The molecule has 0 saturated carbocycles. The van der Waals surface area contributed by atoms with Crippen molar-refractivity contribution in [3.05, 3.63) is 48.0 Å². The van der Waals surface area contributed by atoms with E-state index in [4.69, 9.17) is 5.73 Å². The average Bonchev–Trinajstić information content (AvgIpc) is 2.91. The summed E-state index contributed by atoms with van der Waals surface area (Å²) < 4.78 is 1.78. The van der Waals surface area contributed by atoms with E-state index in [1.165, 1.54) is 0 Å². The highest BCUT2D eigenvalue weighted by Crippen LogP contribution is 2.02. The number of carbonyl (C=O) groups is 1. The van der Waals surface area contributed by atoms with Gasteiger partial charge in [0.25, 0.3) is 5.91 Å². The fraction of sp³-hybridized carbons (Fsp3) is 0.308. The number of nitrogens with one attached hydrogen (secondary N) is 1. The van der Waals surface area contributed by atoms with Crippen molar-refractivity contribution in [2.45, 2.75) is 26.1 Å². The summed E-state index contributed by atoms with van der Waals surface area (Å²) in [5, 5.41) is 7.02. The largest absolute Gasteiger partial charge is 0.348 e. The first kappa shape index (κ1) is 13.2. The Bertz CT molecular complexity index is 538. The van der Waals surface area contributed by atoms with Gasteiger partial charge >= 0.3 is 0 Å². The molecule has 1 amide bonds. The first-order chi connectivity index (χ1) is 9.19. The topological polar surface area (TPSA) is 85.8 Å². The Hall–Kier alpha value is -2.21. The Morgan fingerprint density at radius 1 is 1.53 bits per heavy atom. The molecule has 2 rings (SSSR count). The summed E-state index contributed by atoms with van der Waals surface area (Å²) in [4.78, 5) is 16.1. The second kappa shape index (κ2) is 6.10. The smallest absolute Gasteiger partial charge is 0.251 e. The summed E-state index contributed by atoms with van der Waals surface area (Å²) in [6.45, 7) is 2.89. The highest BCUT2D eigenvalue weighted by Gasteiger charge is 2.10. The molecule has 2 aromatic rings. The van der Waals surface area contributed by atoms with E-state index in [1.54, 1.807) is 29.2 Å². The molecule has 0 fully saturated rings. The molecule has 2 aromatic heterocycles. The summed E-state index contributed by atoms with van der Waals surface area (Å²) in [7, 11) is 0. The van der Waals surface area contributed by atoms with Crippen LogP contribution in [0, 0.1) is 0 Å². The number of amides is 1. The number of nitrogens with two attached hydrogens (primary N) is 1. The van der Waals surface area contributed by atoms with Crippen LogP contribution in [0.1, 0.15) is 23.0 Å². The lowest BCUT2D eigenvalue weighted by atomic mass is 10.2. The van der Waals surface area contributed by atoms with Crippen LogP contribution in [0.15, 0.2) is 36.8 Å². The van der Waals surface area contributed by atoms with Gasteiger partial charge in [-0.1, -0.05) is 0 Å². The number of carbonyl (C=O) groups excluding carboxylic acids is 1. The summed E-state index contributed by atoms with van der Waals surface area (Å²) in [5.74, 6) is -0.128. The molecule has 0 aromatic carbocycles. The highest BCUT2D eigenvalue weighted by molar-refractivity contribution is 5.94. The van der Waals surface area contributed by atoms with E-state index in [9.17, 15) is 4.79 Å². The van der Waals surface area contributed by atoms with Crippen molar-refractivity contribution in [1.29, 1.82) is 0 Å². The Labute approximate surface area is 111 Å². The monoisotopic (exact) mass is 259 g/mol. The summed E-state index contributed by atoms with van der Waals surface area (Å²) in [6.07, 6.45) is 5.17. The van der Waals surface area contributed by atoms with Gasteiger partial charge in [-0.15, -0.1) is 0 Å². The molecular weight excluding hydrogens is 242 g/mol. The van der Waals surface area contributed by atoms with Gasteiger partial charge in [-0.25, -0.2) is 0 Å². The molecule has 19 heavy (non-hydrogen) atoms. The van der Waals surface area contributed by atoms with Crippen molar-refractivity contribution in [2.75, 3.05) is 0 Å². The van der Waals surface area contributed by atoms with Gasteiger partial charge in [0.2, 0.25) is 0 Å². The average molecular weight is 259 g/mol. The first-order valence-corrected chi connectivity index (χ1v) is 6.12. The molecule has 6 nitrogen and oxygen atoms in total. The molecular formula is C13H17N5O. The SMILES string of the molecule is CC(Cn1cccn1)NC(=O)c1ccnc(CN)c1. The first-order valence-electron chi connectivity index (χ1n) is 6.12. The van der Waals surface area contributed by atoms with E-state index >= 15 is 0 Å². The Balaban J connectivity index is 1.96. The molecule has 1 atom stereocenters. The predicted octanol–water partition coefficient (Wildman–Crippen LogP) is 0.555. The fourth-order valence-electron chi connectivity index (χ4n) is 1.77.